The summed E-state index contributed by atoms with van der Waals surface area (Å²) in [5, 5.41) is 3.32. The molecule has 0 aliphatic carbocycles. The fourth-order valence-corrected chi connectivity index (χ4v) is 1.78. The van der Waals surface area contributed by atoms with Crippen LogP contribution in [0.15, 0.2) is 24.4 Å². The molecule has 1 atom stereocenters. The van der Waals surface area contributed by atoms with Crippen molar-refractivity contribution in [1.82, 2.24) is 10.3 Å². The van der Waals surface area contributed by atoms with Crippen LogP contribution in [0.5, 0.6) is 0 Å². The minimum Gasteiger partial charge on any atom is -0.377 e. The van der Waals surface area contributed by atoms with Gasteiger partial charge >= 0.3 is 0 Å². The average Bonchev–Trinajstić information content (AvgIpc) is 2.29. The lowest BCUT2D eigenvalue weighted by molar-refractivity contribution is 0.0538. The molecule has 1 rings (SSSR count). The van der Waals surface area contributed by atoms with Crippen LogP contribution in [-0.4, -0.2) is 24.2 Å². The molecule has 1 aromatic heterocycles. The van der Waals surface area contributed by atoms with Crippen molar-refractivity contribution < 1.29 is 4.74 Å². The van der Waals surface area contributed by atoms with Gasteiger partial charge in [0, 0.05) is 19.3 Å². The van der Waals surface area contributed by atoms with Crippen molar-refractivity contribution in [2.75, 3.05) is 13.2 Å². The summed E-state index contributed by atoms with van der Waals surface area (Å²) in [5.74, 6) is 0.700. The topological polar surface area (TPSA) is 34.1 Å². The predicted molar refractivity (Wildman–Crippen MR) is 70.8 cm³/mol. The number of nitrogens with zero attached hydrogens (tertiary/aromatic N) is 1. The summed E-state index contributed by atoms with van der Waals surface area (Å²) in [5.41, 5.74) is 1.07. The zero-order valence-electron chi connectivity index (χ0n) is 11.1. The van der Waals surface area contributed by atoms with Gasteiger partial charge in [-0.1, -0.05) is 19.9 Å². The van der Waals surface area contributed by atoms with Crippen molar-refractivity contribution >= 4 is 0 Å². The van der Waals surface area contributed by atoms with E-state index in [1.54, 1.807) is 0 Å². The first kappa shape index (κ1) is 14.1. The first-order chi connectivity index (χ1) is 8.18. The van der Waals surface area contributed by atoms with E-state index in [1.807, 2.05) is 24.4 Å². The lowest BCUT2D eigenvalue weighted by Crippen LogP contribution is -2.22. The molecular weight excluding hydrogens is 212 g/mol. The van der Waals surface area contributed by atoms with E-state index in [1.165, 1.54) is 0 Å². The largest absolute Gasteiger partial charge is 0.377 e. The van der Waals surface area contributed by atoms with Gasteiger partial charge in [0.1, 0.15) is 0 Å². The Labute approximate surface area is 105 Å². The molecule has 1 aromatic rings. The van der Waals surface area contributed by atoms with E-state index >= 15 is 0 Å². The molecule has 0 bridgehead atoms. The summed E-state index contributed by atoms with van der Waals surface area (Å²) in [7, 11) is 0. The summed E-state index contributed by atoms with van der Waals surface area (Å²) in [6.45, 7) is 9.03. The van der Waals surface area contributed by atoms with Gasteiger partial charge in [0.15, 0.2) is 0 Å². The van der Waals surface area contributed by atoms with Gasteiger partial charge in [-0.3, -0.25) is 4.98 Å². The van der Waals surface area contributed by atoms with Gasteiger partial charge in [-0.15, -0.1) is 0 Å². The highest BCUT2D eigenvalue weighted by Crippen LogP contribution is 2.06. The first-order valence-electron chi connectivity index (χ1n) is 6.40. The maximum atomic E-state index is 5.71. The summed E-state index contributed by atoms with van der Waals surface area (Å²) < 4.78 is 5.71. The van der Waals surface area contributed by atoms with Crippen molar-refractivity contribution in [3.8, 4) is 0 Å². The van der Waals surface area contributed by atoms with Crippen molar-refractivity contribution in [2.45, 2.75) is 39.8 Å². The third kappa shape index (κ3) is 7.08. The Hall–Kier alpha value is -0.930. The monoisotopic (exact) mass is 236 g/mol. The zero-order valence-corrected chi connectivity index (χ0v) is 11.1. The molecule has 0 saturated heterocycles. The molecule has 0 radical (unpaired) electrons. The van der Waals surface area contributed by atoms with Gasteiger partial charge in [0.05, 0.1) is 18.4 Å². The van der Waals surface area contributed by atoms with Crippen LogP contribution in [0.3, 0.4) is 0 Å². The van der Waals surface area contributed by atoms with Gasteiger partial charge in [-0.05, 0) is 31.4 Å². The predicted octanol–water partition coefficient (Wildman–Crippen LogP) is 2.62. The normalized spacial score (nSPS) is 12.9. The van der Waals surface area contributed by atoms with E-state index in [9.17, 15) is 0 Å². The maximum Gasteiger partial charge on any atom is 0.0594 e. The zero-order chi connectivity index (χ0) is 12.5. The summed E-state index contributed by atoms with van der Waals surface area (Å²) in [6, 6.07) is 5.96. The Kier molecular flexibility index (Phi) is 6.82. The Morgan fingerprint density at radius 2 is 2.12 bits per heavy atom. The van der Waals surface area contributed by atoms with Crippen molar-refractivity contribution in [1.29, 1.82) is 0 Å². The molecule has 0 amide bonds. The van der Waals surface area contributed by atoms with Crippen molar-refractivity contribution in [3.05, 3.63) is 30.1 Å². The highest BCUT2D eigenvalue weighted by molar-refractivity contribution is 5.02. The quantitative estimate of drug-likeness (QED) is 0.705. The molecule has 1 N–H and O–H groups in total. The van der Waals surface area contributed by atoms with Gasteiger partial charge in [-0.2, -0.15) is 0 Å². The number of hydrogen-bond donors (Lipinski definition) is 1. The molecule has 0 fully saturated rings. The molecule has 17 heavy (non-hydrogen) atoms. The van der Waals surface area contributed by atoms with E-state index in [4.69, 9.17) is 4.74 Å². The second-order valence-electron chi connectivity index (χ2n) is 4.81. The van der Waals surface area contributed by atoms with Gasteiger partial charge < -0.3 is 10.1 Å². The Bertz CT molecular complexity index is 288. The van der Waals surface area contributed by atoms with Crippen LogP contribution in [0.2, 0.25) is 0 Å². The number of hydrogen-bond acceptors (Lipinski definition) is 3. The average molecular weight is 236 g/mol. The smallest absolute Gasteiger partial charge is 0.0594 e. The molecule has 0 saturated carbocycles. The van der Waals surface area contributed by atoms with Crippen LogP contribution in [0.4, 0.5) is 0 Å². The van der Waals surface area contributed by atoms with Gasteiger partial charge in [0.25, 0.3) is 0 Å². The number of rotatable bonds is 8. The number of nitrogens with one attached hydrogen (secondary N) is 1. The lowest BCUT2D eigenvalue weighted by atomic mass is 10.1. The molecule has 96 valence electrons. The first-order valence-corrected chi connectivity index (χ1v) is 6.40. The van der Waals surface area contributed by atoms with Gasteiger partial charge in [-0.25, -0.2) is 0 Å². The highest BCUT2D eigenvalue weighted by atomic mass is 16.5. The van der Waals surface area contributed by atoms with Crippen LogP contribution in [0, 0.1) is 5.92 Å². The summed E-state index contributed by atoms with van der Waals surface area (Å²) in [4.78, 5) is 4.25. The minimum atomic E-state index is 0.353. The second-order valence-corrected chi connectivity index (χ2v) is 4.81. The van der Waals surface area contributed by atoms with Crippen LogP contribution in [0.1, 0.15) is 32.9 Å². The van der Waals surface area contributed by atoms with Crippen molar-refractivity contribution in [2.24, 2.45) is 5.92 Å². The third-order valence-corrected chi connectivity index (χ3v) is 2.52. The SMILES string of the molecule is CC(C)CC(C)OCCNCc1ccccn1. The van der Waals surface area contributed by atoms with Crippen LogP contribution < -0.4 is 5.32 Å². The third-order valence-electron chi connectivity index (χ3n) is 2.52. The fourth-order valence-electron chi connectivity index (χ4n) is 1.78. The minimum absolute atomic E-state index is 0.353. The molecule has 0 aliphatic rings. The van der Waals surface area contributed by atoms with Crippen LogP contribution in [-0.2, 0) is 11.3 Å². The molecular formula is C14H24N2O. The van der Waals surface area contributed by atoms with Gasteiger partial charge in [0.2, 0.25) is 0 Å². The summed E-state index contributed by atoms with van der Waals surface area (Å²) >= 11 is 0. The van der Waals surface area contributed by atoms with E-state index in [2.05, 4.69) is 31.1 Å². The molecule has 0 aliphatic heterocycles. The van der Waals surface area contributed by atoms with E-state index < -0.39 is 0 Å². The van der Waals surface area contributed by atoms with Crippen LogP contribution in [0.25, 0.3) is 0 Å². The molecule has 3 heteroatoms. The Morgan fingerprint density at radius 3 is 2.76 bits per heavy atom. The summed E-state index contributed by atoms with van der Waals surface area (Å²) in [6.07, 6.45) is 3.30. The standard InChI is InChI=1S/C14H24N2O/c1-12(2)10-13(3)17-9-8-15-11-14-6-4-5-7-16-14/h4-7,12-13,15H,8-11H2,1-3H3. The second kappa shape index (κ2) is 8.20. The molecule has 1 heterocycles. The van der Waals surface area contributed by atoms with E-state index in [0.717, 1.165) is 31.8 Å². The highest BCUT2D eigenvalue weighted by Gasteiger charge is 2.04. The lowest BCUT2D eigenvalue weighted by Gasteiger charge is -2.15. The van der Waals surface area contributed by atoms with E-state index in [0.29, 0.717) is 12.0 Å². The van der Waals surface area contributed by atoms with E-state index in [-0.39, 0.29) is 0 Å². The Balaban J connectivity index is 2.01. The maximum absolute atomic E-state index is 5.71. The molecule has 0 spiro atoms. The molecule has 3 nitrogen and oxygen atoms in total. The van der Waals surface area contributed by atoms with Crippen molar-refractivity contribution in [3.63, 3.8) is 0 Å². The molecule has 0 aromatic carbocycles. The Morgan fingerprint density at radius 1 is 1.29 bits per heavy atom. The number of aromatic nitrogens is 1. The molecule has 1 unspecified atom stereocenters. The van der Waals surface area contributed by atoms with Crippen LogP contribution >= 0.6 is 0 Å². The number of pyridine rings is 1. The fraction of sp³-hybridized carbons (Fsp3) is 0.643. The number of ether oxygens (including phenoxy) is 1.